The number of hydrogen-bond acceptors (Lipinski definition) is 5. The normalized spacial score (nSPS) is 34.2. The number of amides is 2. The number of benzene rings is 1. The van der Waals surface area contributed by atoms with Gasteiger partial charge in [-0.05, 0) is 70.2 Å². The van der Waals surface area contributed by atoms with Crippen molar-refractivity contribution >= 4 is 28.8 Å². The molecular weight excluding hydrogens is 456 g/mol. The number of carbonyl (C=O) groups is 2. The molecule has 0 radical (unpaired) electrons. The highest BCUT2D eigenvalue weighted by Gasteiger charge is 2.73. The highest BCUT2D eigenvalue weighted by molar-refractivity contribution is 6.30. The third-order valence-electron chi connectivity index (χ3n) is 9.85. The van der Waals surface area contributed by atoms with Gasteiger partial charge in [0.25, 0.3) is 5.91 Å². The van der Waals surface area contributed by atoms with Crippen molar-refractivity contribution in [2.75, 3.05) is 39.4 Å². The van der Waals surface area contributed by atoms with E-state index in [-0.39, 0.29) is 17.7 Å². The molecular formula is C28H34N4O4. The zero-order valence-electron chi connectivity index (χ0n) is 21.1. The molecule has 3 atom stereocenters. The second kappa shape index (κ2) is 7.42. The fourth-order valence-electron chi connectivity index (χ4n) is 8.02. The first kappa shape index (κ1) is 22.5. The Morgan fingerprint density at radius 3 is 2.81 bits per heavy atom. The fourth-order valence-corrected chi connectivity index (χ4v) is 8.02. The maximum absolute atomic E-state index is 13.9. The number of aryl methyl sites for hydroxylation is 1. The molecule has 8 nitrogen and oxygen atoms in total. The smallest absolute Gasteiger partial charge is 0.253 e. The first-order chi connectivity index (χ1) is 17.3. The minimum atomic E-state index is -1.08. The minimum absolute atomic E-state index is 0.00102. The summed E-state index contributed by atoms with van der Waals surface area (Å²) in [5.74, 6) is -0.178. The van der Waals surface area contributed by atoms with Crippen molar-refractivity contribution in [1.29, 1.82) is 0 Å². The van der Waals surface area contributed by atoms with Crippen LogP contribution in [0, 0.1) is 16.5 Å². The average Bonchev–Trinajstić information content (AvgIpc) is 3.42. The number of fused-ring (bicyclic) bond motifs is 4. The number of nitrogens with zero attached hydrogens (tertiary/aromatic N) is 3. The molecule has 2 bridgehead atoms. The van der Waals surface area contributed by atoms with Gasteiger partial charge in [0.1, 0.15) is 11.1 Å². The van der Waals surface area contributed by atoms with Crippen LogP contribution in [-0.4, -0.2) is 82.5 Å². The van der Waals surface area contributed by atoms with E-state index in [2.05, 4.69) is 30.1 Å². The maximum atomic E-state index is 13.9. The van der Waals surface area contributed by atoms with Crippen LogP contribution in [0.1, 0.15) is 50.7 Å². The lowest BCUT2D eigenvalue weighted by atomic mass is 9.51. The molecule has 190 valence electrons. The molecule has 1 aromatic carbocycles. The molecule has 36 heavy (non-hydrogen) atoms. The topological polar surface area (TPSA) is 88.0 Å². The molecule has 5 saturated heterocycles. The molecule has 7 aliphatic rings. The minimum Gasteiger partial charge on any atom is -0.618 e. The SMILES string of the molecule is CC1(C)C2=[N+]([O-])c3cc(CCCN4CCOCC4)ccc3C2=C[C@@]23NC(=O)[C@]4(CCCN4C2=O)CC13. The Hall–Kier alpha value is -2.71. The lowest BCUT2D eigenvalue weighted by Crippen LogP contribution is -2.83. The third-order valence-corrected chi connectivity index (χ3v) is 9.85. The molecule has 1 aliphatic carbocycles. The summed E-state index contributed by atoms with van der Waals surface area (Å²) in [5, 5.41) is 17.0. The molecule has 0 aromatic heterocycles. The number of morpholine rings is 1. The van der Waals surface area contributed by atoms with Crippen LogP contribution < -0.4 is 5.32 Å². The highest BCUT2D eigenvalue weighted by Crippen LogP contribution is 2.60. The van der Waals surface area contributed by atoms with Gasteiger partial charge >= 0.3 is 0 Å². The van der Waals surface area contributed by atoms with Gasteiger partial charge in [-0.1, -0.05) is 6.07 Å². The average molecular weight is 491 g/mol. The summed E-state index contributed by atoms with van der Waals surface area (Å²) in [5.41, 5.74) is 1.83. The van der Waals surface area contributed by atoms with Gasteiger partial charge in [-0.25, -0.2) is 0 Å². The highest BCUT2D eigenvalue weighted by atomic mass is 16.5. The number of ether oxygens (including phenoxy) is 1. The Bertz CT molecular complexity index is 1250. The number of nitrogens with one attached hydrogen (secondary N) is 1. The molecule has 1 aromatic rings. The lowest BCUT2D eigenvalue weighted by Gasteiger charge is -2.62. The van der Waals surface area contributed by atoms with E-state index in [1.165, 1.54) is 0 Å². The van der Waals surface area contributed by atoms with Gasteiger partial charge in [0.15, 0.2) is 0 Å². The monoisotopic (exact) mass is 490 g/mol. The second-order valence-corrected chi connectivity index (χ2v) is 12.0. The van der Waals surface area contributed by atoms with Crippen molar-refractivity contribution in [3.05, 3.63) is 40.6 Å². The van der Waals surface area contributed by atoms with Gasteiger partial charge in [-0.2, -0.15) is 4.74 Å². The van der Waals surface area contributed by atoms with Crippen LogP contribution in [0.5, 0.6) is 0 Å². The molecule has 1 N–H and O–H groups in total. The van der Waals surface area contributed by atoms with E-state index in [1.807, 2.05) is 23.1 Å². The predicted octanol–water partition coefficient (Wildman–Crippen LogP) is 2.22. The van der Waals surface area contributed by atoms with Crippen LogP contribution in [0.3, 0.4) is 0 Å². The van der Waals surface area contributed by atoms with Crippen LogP contribution in [0.4, 0.5) is 5.69 Å². The summed E-state index contributed by atoms with van der Waals surface area (Å²) in [7, 11) is 0. The van der Waals surface area contributed by atoms with Crippen molar-refractivity contribution < 1.29 is 19.1 Å². The molecule has 5 fully saturated rings. The van der Waals surface area contributed by atoms with E-state index in [0.29, 0.717) is 25.1 Å². The zero-order chi connectivity index (χ0) is 24.9. The molecule has 2 spiro atoms. The quantitative estimate of drug-likeness (QED) is 0.517. The Morgan fingerprint density at radius 2 is 2.00 bits per heavy atom. The number of carbonyl (C=O) groups excluding carboxylic acids is 2. The lowest BCUT2D eigenvalue weighted by molar-refractivity contribution is -0.362. The Labute approximate surface area is 211 Å². The molecule has 8 heteroatoms. The predicted molar refractivity (Wildman–Crippen MR) is 135 cm³/mol. The number of rotatable bonds is 4. The van der Waals surface area contributed by atoms with E-state index < -0.39 is 16.5 Å². The van der Waals surface area contributed by atoms with Crippen molar-refractivity contribution in [2.24, 2.45) is 11.3 Å². The molecule has 0 saturated carbocycles. The van der Waals surface area contributed by atoms with E-state index >= 15 is 0 Å². The zero-order valence-corrected chi connectivity index (χ0v) is 21.1. The first-order valence-electron chi connectivity index (χ1n) is 13.4. The Kier molecular flexibility index (Phi) is 4.63. The Balaban J connectivity index is 1.25. The first-order valence-corrected chi connectivity index (χ1v) is 13.4. The molecule has 6 heterocycles. The van der Waals surface area contributed by atoms with Crippen molar-refractivity contribution in [2.45, 2.75) is 57.0 Å². The van der Waals surface area contributed by atoms with Crippen LogP contribution in [0.25, 0.3) is 5.57 Å². The Morgan fingerprint density at radius 1 is 1.19 bits per heavy atom. The van der Waals surface area contributed by atoms with Crippen LogP contribution in [0.2, 0.25) is 0 Å². The summed E-state index contributed by atoms with van der Waals surface area (Å²) < 4.78 is 6.55. The summed E-state index contributed by atoms with van der Waals surface area (Å²) >= 11 is 0. The fraction of sp³-hybridized carbons (Fsp3) is 0.607. The van der Waals surface area contributed by atoms with Gasteiger partial charge in [0.05, 0.1) is 29.8 Å². The second-order valence-electron chi connectivity index (χ2n) is 12.0. The van der Waals surface area contributed by atoms with Crippen LogP contribution >= 0.6 is 0 Å². The van der Waals surface area contributed by atoms with Crippen LogP contribution in [-0.2, 0) is 20.7 Å². The standard InChI is InChI=1S/C28H34N4O4/c1-26(2)22-17-27-8-4-10-31(27)25(34)28(22,29-24(27)33)16-20-19-7-6-18(15-21(19)32(35)23(20)26)5-3-9-30-11-13-36-14-12-30/h6-7,15-16,22H,3-5,8-14,17H2,1-2H3,(H,29,33)/t22?,27-,28-/m0/s1. The number of piperidine rings is 2. The number of hydrogen-bond donors (Lipinski definition) is 1. The van der Waals surface area contributed by atoms with Gasteiger partial charge in [-0.15, -0.1) is 0 Å². The van der Waals surface area contributed by atoms with E-state index in [0.717, 1.165) is 79.3 Å². The summed E-state index contributed by atoms with van der Waals surface area (Å²) in [4.78, 5) is 31.5. The van der Waals surface area contributed by atoms with Gasteiger partial charge < -0.3 is 20.2 Å². The number of allylic oxidation sites excluding steroid dienone is 1. The maximum Gasteiger partial charge on any atom is 0.253 e. The van der Waals surface area contributed by atoms with Crippen molar-refractivity contribution in [3.8, 4) is 0 Å². The molecule has 6 aliphatic heterocycles. The third kappa shape index (κ3) is 2.74. The molecule has 2 amide bonds. The van der Waals surface area contributed by atoms with E-state index in [9.17, 15) is 14.8 Å². The van der Waals surface area contributed by atoms with Crippen LogP contribution in [0.15, 0.2) is 24.3 Å². The van der Waals surface area contributed by atoms with Crippen molar-refractivity contribution in [1.82, 2.24) is 15.1 Å². The summed E-state index contributed by atoms with van der Waals surface area (Å²) in [6.07, 6.45) is 6.03. The van der Waals surface area contributed by atoms with Gasteiger partial charge in [-0.3, -0.25) is 14.5 Å². The van der Waals surface area contributed by atoms with Gasteiger partial charge in [0.2, 0.25) is 17.3 Å². The molecule has 1 unspecified atom stereocenters. The van der Waals surface area contributed by atoms with E-state index in [4.69, 9.17) is 4.74 Å². The summed E-state index contributed by atoms with van der Waals surface area (Å²) in [6, 6.07) is 6.18. The number of piperazine rings is 1. The van der Waals surface area contributed by atoms with Crippen molar-refractivity contribution in [3.63, 3.8) is 0 Å². The van der Waals surface area contributed by atoms with E-state index in [1.54, 1.807) is 0 Å². The summed E-state index contributed by atoms with van der Waals surface area (Å²) in [6.45, 7) is 9.40. The molecule has 8 rings (SSSR count). The largest absolute Gasteiger partial charge is 0.618 e. The van der Waals surface area contributed by atoms with Gasteiger partial charge in [0, 0.05) is 31.6 Å².